The standard InChI is InChI=1S/C19H17NO/c1-12-7-8-13(2)16(9-12)19(21)17-10-14-5-3-4-6-15(14)11-18(17)20/h3-11H,20H2,1-2H3. The summed E-state index contributed by atoms with van der Waals surface area (Å²) in [5.41, 5.74) is 9.95. The van der Waals surface area contributed by atoms with Crippen LogP contribution in [0.2, 0.25) is 0 Å². The van der Waals surface area contributed by atoms with Crippen LogP contribution in [0, 0.1) is 13.8 Å². The molecule has 0 radical (unpaired) electrons. The van der Waals surface area contributed by atoms with Crippen LogP contribution >= 0.6 is 0 Å². The van der Waals surface area contributed by atoms with Crippen molar-refractivity contribution in [1.82, 2.24) is 0 Å². The third kappa shape index (κ3) is 2.40. The van der Waals surface area contributed by atoms with E-state index in [-0.39, 0.29) is 5.78 Å². The number of hydrogen-bond acceptors (Lipinski definition) is 2. The number of carbonyl (C=O) groups excluding carboxylic acids is 1. The number of fused-ring (bicyclic) bond motifs is 1. The average Bonchev–Trinajstić information content (AvgIpc) is 2.48. The van der Waals surface area contributed by atoms with Gasteiger partial charge < -0.3 is 5.73 Å². The fraction of sp³-hybridized carbons (Fsp3) is 0.105. The van der Waals surface area contributed by atoms with E-state index in [2.05, 4.69) is 0 Å². The minimum atomic E-state index is -0.0144. The lowest BCUT2D eigenvalue weighted by Gasteiger charge is -2.10. The molecule has 0 aliphatic carbocycles. The van der Waals surface area contributed by atoms with E-state index in [4.69, 9.17) is 5.73 Å². The maximum absolute atomic E-state index is 12.8. The summed E-state index contributed by atoms with van der Waals surface area (Å²) in [4.78, 5) is 12.8. The van der Waals surface area contributed by atoms with Crippen molar-refractivity contribution in [3.63, 3.8) is 0 Å². The second-order valence-corrected chi connectivity index (χ2v) is 5.43. The Balaban J connectivity index is 2.17. The first-order chi connectivity index (χ1) is 10.1. The number of benzene rings is 3. The number of anilines is 1. The summed E-state index contributed by atoms with van der Waals surface area (Å²) in [6.07, 6.45) is 0. The summed E-state index contributed by atoms with van der Waals surface area (Å²) in [7, 11) is 0. The molecule has 2 nitrogen and oxygen atoms in total. The molecular formula is C19H17NO. The van der Waals surface area contributed by atoms with Crippen molar-refractivity contribution in [2.75, 3.05) is 5.73 Å². The zero-order valence-corrected chi connectivity index (χ0v) is 12.2. The second-order valence-electron chi connectivity index (χ2n) is 5.43. The van der Waals surface area contributed by atoms with Gasteiger partial charge in [0.1, 0.15) is 0 Å². The number of aryl methyl sites for hydroxylation is 2. The van der Waals surface area contributed by atoms with Crippen LogP contribution in [0.4, 0.5) is 5.69 Å². The van der Waals surface area contributed by atoms with Gasteiger partial charge in [-0.3, -0.25) is 4.79 Å². The van der Waals surface area contributed by atoms with Crippen molar-refractivity contribution in [1.29, 1.82) is 0 Å². The lowest BCUT2D eigenvalue weighted by atomic mass is 9.94. The Morgan fingerprint density at radius 1 is 0.857 bits per heavy atom. The number of nitrogen functional groups attached to an aromatic ring is 1. The Kier molecular flexibility index (Phi) is 3.22. The van der Waals surface area contributed by atoms with Gasteiger partial charge in [0, 0.05) is 16.8 Å². The van der Waals surface area contributed by atoms with Crippen molar-refractivity contribution >= 4 is 22.2 Å². The van der Waals surface area contributed by atoms with E-state index >= 15 is 0 Å². The normalized spacial score (nSPS) is 10.8. The smallest absolute Gasteiger partial charge is 0.195 e. The molecule has 21 heavy (non-hydrogen) atoms. The van der Waals surface area contributed by atoms with Gasteiger partial charge in [0.15, 0.2) is 5.78 Å². The molecule has 0 spiro atoms. The molecule has 0 aliphatic heterocycles. The molecule has 104 valence electrons. The van der Waals surface area contributed by atoms with Gasteiger partial charge >= 0.3 is 0 Å². The molecule has 0 aromatic heterocycles. The molecule has 0 fully saturated rings. The minimum Gasteiger partial charge on any atom is -0.398 e. The predicted molar refractivity (Wildman–Crippen MR) is 87.7 cm³/mol. The maximum atomic E-state index is 12.8. The highest BCUT2D eigenvalue weighted by atomic mass is 16.1. The van der Waals surface area contributed by atoms with Crippen LogP contribution in [0.15, 0.2) is 54.6 Å². The first kappa shape index (κ1) is 13.4. The lowest BCUT2D eigenvalue weighted by Crippen LogP contribution is -2.07. The molecule has 2 heteroatoms. The number of ketones is 1. The van der Waals surface area contributed by atoms with Crippen LogP contribution in [0.25, 0.3) is 10.8 Å². The fourth-order valence-corrected chi connectivity index (χ4v) is 2.58. The number of hydrogen-bond donors (Lipinski definition) is 1. The van der Waals surface area contributed by atoms with Crippen molar-refractivity contribution in [3.05, 3.63) is 76.9 Å². The first-order valence-electron chi connectivity index (χ1n) is 6.96. The summed E-state index contributed by atoms with van der Waals surface area (Å²) >= 11 is 0. The molecule has 2 N–H and O–H groups in total. The Labute approximate surface area is 124 Å². The summed E-state index contributed by atoms with van der Waals surface area (Å²) < 4.78 is 0. The van der Waals surface area contributed by atoms with E-state index in [9.17, 15) is 4.79 Å². The number of rotatable bonds is 2. The fourth-order valence-electron chi connectivity index (χ4n) is 2.58. The van der Waals surface area contributed by atoms with Crippen LogP contribution in [-0.4, -0.2) is 5.78 Å². The zero-order chi connectivity index (χ0) is 15.0. The number of nitrogens with two attached hydrogens (primary N) is 1. The molecule has 3 rings (SSSR count). The molecule has 0 saturated heterocycles. The van der Waals surface area contributed by atoms with Gasteiger partial charge in [-0.15, -0.1) is 0 Å². The van der Waals surface area contributed by atoms with Gasteiger partial charge in [-0.1, -0.05) is 42.0 Å². The maximum Gasteiger partial charge on any atom is 0.195 e. The molecule has 0 bridgehead atoms. The highest BCUT2D eigenvalue weighted by Gasteiger charge is 2.15. The number of carbonyl (C=O) groups is 1. The molecule has 0 amide bonds. The Hall–Kier alpha value is -2.61. The van der Waals surface area contributed by atoms with Crippen molar-refractivity contribution in [2.45, 2.75) is 13.8 Å². The van der Waals surface area contributed by atoms with Crippen molar-refractivity contribution < 1.29 is 4.79 Å². The van der Waals surface area contributed by atoms with Crippen LogP contribution in [-0.2, 0) is 0 Å². The summed E-state index contributed by atoms with van der Waals surface area (Å²) in [6, 6.07) is 17.6. The summed E-state index contributed by atoms with van der Waals surface area (Å²) in [5, 5.41) is 2.08. The van der Waals surface area contributed by atoms with E-state index in [1.807, 2.05) is 68.4 Å². The van der Waals surface area contributed by atoms with E-state index < -0.39 is 0 Å². The molecule has 3 aromatic carbocycles. The molecule has 0 aliphatic rings. The SMILES string of the molecule is Cc1ccc(C)c(C(=O)c2cc3ccccc3cc2N)c1. The van der Waals surface area contributed by atoms with Gasteiger partial charge in [0.05, 0.1) is 0 Å². The predicted octanol–water partition coefficient (Wildman–Crippen LogP) is 4.27. The van der Waals surface area contributed by atoms with Gasteiger partial charge in [0.25, 0.3) is 0 Å². The lowest BCUT2D eigenvalue weighted by molar-refractivity contribution is 0.103. The third-order valence-corrected chi connectivity index (χ3v) is 3.80. The van der Waals surface area contributed by atoms with Crippen LogP contribution in [0.3, 0.4) is 0 Å². The third-order valence-electron chi connectivity index (χ3n) is 3.80. The van der Waals surface area contributed by atoms with Crippen molar-refractivity contribution in [3.8, 4) is 0 Å². The molecule has 0 unspecified atom stereocenters. The topological polar surface area (TPSA) is 43.1 Å². The van der Waals surface area contributed by atoms with E-state index in [0.29, 0.717) is 11.3 Å². The van der Waals surface area contributed by atoms with E-state index in [0.717, 1.165) is 27.5 Å². The van der Waals surface area contributed by atoms with Crippen LogP contribution in [0.5, 0.6) is 0 Å². The average molecular weight is 275 g/mol. The first-order valence-corrected chi connectivity index (χ1v) is 6.96. The van der Waals surface area contributed by atoms with Gasteiger partial charge in [-0.2, -0.15) is 0 Å². The summed E-state index contributed by atoms with van der Waals surface area (Å²) in [5.74, 6) is -0.0144. The van der Waals surface area contributed by atoms with Gasteiger partial charge in [0.2, 0.25) is 0 Å². The molecule has 0 heterocycles. The monoisotopic (exact) mass is 275 g/mol. The van der Waals surface area contributed by atoms with Gasteiger partial charge in [-0.05, 0) is 48.4 Å². The minimum absolute atomic E-state index is 0.0144. The zero-order valence-electron chi connectivity index (χ0n) is 12.2. The highest BCUT2D eigenvalue weighted by Crippen LogP contribution is 2.25. The molecular weight excluding hydrogens is 258 g/mol. The Bertz CT molecular complexity index is 849. The Morgan fingerprint density at radius 3 is 2.24 bits per heavy atom. The summed E-state index contributed by atoms with van der Waals surface area (Å²) in [6.45, 7) is 3.93. The largest absolute Gasteiger partial charge is 0.398 e. The van der Waals surface area contributed by atoms with Crippen LogP contribution < -0.4 is 5.73 Å². The molecule has 0 atom stereocenters. The molecule has 0 saturated carbocycles. The van der Waals surface area contributed by atoms with Gasteiger partial charge in [-0.25, -0.2) is 0 Å². The van der Waals surface area contributed by atoms with E-state index in [1.54, 1.807) is 0 Å². The van der Waals surface area contributed by atoms with Crippen LogP contribution in [0.1, 0.15) is 27.0 Å². The molecule has 3 aromatic rings. The van der Waals surface area contributed by atoms with Crippen molar-refractivity contribution in [2.24, 2.45) is 0 Å². The highest BCUT2D eigenvalue weighted by molar-refractivity contribution is 6.14. The Morgan fingerprint density at radius 2 is 1.52 bits per heavy atom. The quantitative estimate of drug-likeness (QED) is 0.560. The van der Waals surface area contributed by atoms with E-state index in [1.165, 1.54) is 0 Å². The second kappa shape index (κ2) is 5.06.